The van der Waals surface area contributed by atoms with E-state index in [0.717, 1.165) is 18.7 Å². The fourth-order valence-corrected chi connectivity index (χ4v) is 7.22. The zero-order valence-corrected chi connectivity index (χ0v) is 24.6. The minimum Gasteiger partial charge on any atom is -0.478 e. The van der Waals surface area contributed by atoms with Crippen molar-refractivity contribution in [3.05, 3.63) is 89.7 Å². The number of hydrogen-bond acceptors (Lipinski definition) is 3. The molecular formula is C35H45N5O2. The summed E-state index contributed by atoms with van der Waals surface area (Å²) in [6.45, 7) is 2.39. The number of nitrogens with zero attached hydrogens (tertiary/aromatic N) is 1. The zero-order valence-electron chi connectivity index (χ0n) is 24.6. The Morgan fingerprint density at radius 1 is 1.10 bits per heavy atom. The summed E-state index contributed by atoms with van der Waals surface area (Å²) in [5.41, 5.74) is 14.9. The van der Waals surface area contributed by atoms with Crippen LogP contribution in [0.3, 0.4) is 0 Å². The van der Waals surface area contributed by atoms with Crippen molar-refractivity contribution in [3.8, 4) is 0 Å². The second-order valence-electron chi connectivity index (χ2n) is 12.0. The Morgan fingerprint density at radius 2 is 1.88 bits per heavy atom. The minimum absolute atomic E-state index is 0.0497. The standard InChI is InChI=1S/C35H45N5O2/c1-2-3-4-5-6-10-23-14-15-26-18-27-17-24-11-7-8-12-25(24)19-29(27)34(23)30(26)21-31(40-32-13-9-16-38-32)28(20-33(41)42)22-39-35(36)37/h7-9,11-17,19-20,23,26,30-31,34,38,40H,2-6,10,18,21-22H2,1H3,(H,41,42)(H4,36,37,39). The van der Waals surface area contributed by atoms with Crippen LogP contribution in [0.4, 0.5) is 5.82 Å². The first kappa shape index (κ1) is 29.5. The maximum atomic E-state index is 11.9. The van der Waals surface area contributed by atoms with Crippen LogP contribution in [0.25, 0.3) is 10.8 Å². The number of rotatable bonds is 14. The van der Waals surface area contributed by atoms with Crippen molar-refractivity contribution in [1.29, 1.82) is 0 Å². The molecule has 5 rings (SSSR count). The molecule has 1 heterocycles. The number of hydrogen-bond donors (Lipinski definition) is 5. The lowest BCUT2D eigenvalue weighted by molar-refractivity contribution is -0.131. The van der Waals surface area contributed by atoms with E-state index in [1.807, 2.05) is 18.3 Å². The number of aromatic amines is 1. The van der Waals surface area contributed by atoms with Crippen molar-refractivity contribution < 1.29 is 9.90 Å². The molecule has 5 unspecified atom stereocenters. The van der Waals surface area contributed by atoms with Crippen LogP contribution < -0.4 is 16.8 Å². The Labute approximate surface area is 249 Å². The summed E-state index contributed by atoms with van der Waals surface area (Å²) < 4.78 is 0. The monoisotopic (exact) mass is 567 g/mol. The predicted molar refractivity (Wildman–Crippen MR) is 173 cm³/mol. The average Bonchev–Trinajstić information content (AvgIpc) is 3.48. The number of fused-ring (bicyclic) bond motifs is 5. The molecule has 7 N–H and O–H groups in total. The second kappa shape index (κ2) is 13.8. The maximum Gasteiger partial charge on any atom is 0.328 e. The molecule has 7 nitrogen and oxygen atoms in total. The molecule has 2 aromatic carbocycles. The molecular weight excluding hydrogens is 522 g/mol. The van der Waals surface area contributed by atoms with Gasteiger partial charge in [-0.05, 0) is 82.5 Å². The number of benzene rings is 2. The predicted octanol–water partition coefficient (Wildman–Crippen LogP) is 6.74. The van der Waals surface area contributed by atoms with Gasteiger partial charge in [-0.15, -0.1) is 0 Å². The van der Waals surface area contributed by atoms with Crippen LogP contribution in [-0.2, 0) is 11.2 Å². The highest BCUT2D eigenvalue weighted by atomic mass is 16.4. The van der Waals surface area contributed by atoms with Gasteiger partial charge in [0, 0.05) is 12.3 Å². The van der Waals surface area contributed by atoms with E-state index in [9.17, 15) is 9.90 Å². The largest absolute Gasteiger partial charge is 0.478 e. The highest BCUT2D eigenvalue weighted by Crippen LogP contribution is 2.52. The fourth-order valence-electron chi connectivity index (χ4n) is 7.22. The third-order valence-electron chi connectivity index (χ3n) is 9.18. The number of aromatic nitrogens is 1. The van der Waals surface area contributed by atoms with E-state index >= 15 is 0 Å². The van der Waals surface area contributed by atoms with Gasteiger partial charge in [0.1, 0.15) is 5.82 Å². The zero-order chi connectivity index (χ0) is 29.5. The van der Waals surface area contributed by atoms with Crippen molar-refractivity contribution in [3.63, 3.8) is 0 Å². The number of unbranched alkanes of at least 4 members (excludes halogenated alkanes) is 4. The summed E-state index contributed by atoms with van der Waals surface area (Å²) in [5.74, 6) is 1.32. The molecule has 2 aliphatic carbocycles. The molecule has 7 heteroatoms. The first-order chi connectivity index (χ1) is 20.4. The number of carboxylic acid groups (broad SMARTS) is 1. The molecule has 0 saturated heterocycles. The van der Waals surface area contributed by atoms with Crippen molar-refractivity contribution >= 4 is 28.5 Å². The molecule has 0 fully saturated rings. The topological polar surface area (TPSA) is 130 Å². The molecule has 5 atom stereocenters. The molecule has 2 aliphatic rings. The Morgan fingerprint density at radius 3 is 2.60 bits per heavy atom. The van der Waals surface area contributed by atoms with Gasteiger partial charge in [0.2, 0.25) is 0 Å². The summed E-state index contributed by atoms with van der Waals surface area (Å²) >= 11 is 0. The van der Waals surface area contributed by atoms with Gasteiger partial charge < -0.3 is 26.9 Å². The van der Waals surface area contributed by atoms with Crippen LogP contribution in [-0.4, -0.2) is 34.6 Å². The quantitative estimate of drug-likeness (QED) is 0.0484. The Balaban J connectivity index is 1.52. The van der Waals surface area contributed by atoms with Gasteiger partial charge in [-0.25, -0.2) is 9.79 Å². The first-order valence-electron chi connectivity index (χ1n) is 15.5. The molecule has 42 heavy (non-hydrogen) atoms. The lowest BCUT2D eigenvalue weighted by Crippen LogP contribution is -2.40. The van der Waals surface area contributed by atoms with E-state index in [1.165, 1.54) is 66.5 Å². The number of nitrogens with two attached hydrogens (primary N) is 2. The van der Waals surface area contributed by atoms with E-state index in [0.29, 0.717) is 29.2 Å². The van der Waals surface area contributed by atoms with Crippen molar-refractivity contribution in [2.75, 3.05) is 11.9 Å². The number of nitrogens with one attached hydrogen (secondary N) is 2. The van der Waals surface area contributed by atoms with E-state index in [2.05, 4.69) is 70.8 Å². The number of carboxylic acids is 1. The normalized spacial score (nSPS) is 22.0. The highest BCUT2D eigenvalue weighted by molar-refractivity contribution is 5.84. The molecule has 2 bridgehead atoms. The van der Waals surface area contributed by atoms with Crippen molar-refractivity contribution in [2.45, 2.75) is 70.3 Å². The number of guanidine groups is 1. The minimum atomic E-state index is -1.00. The van der Waals surface area contributed by atoms with Gasteiger partial charge in [0.05, 0.1) is 12.6 Å². The summed E-state index contributed by atoms with van der Waals surface area (Å²) in [5, 5.41) is 16.0. The number of allylic oxidation sites excluding steroid dienone is 2. The maximum absolute atomic E-state index is 11.9. The lowest BCUT2D eigenvalue weighted by atomic mass is 9.58. The van der Waals surface area contributed by atoms with Crippen LogP contribution in [0.2, 0.25) is 0 Å². The number of H-pyrrole nitrogens is 1. The summed E-state index contributed by atoms with van der Waals surface area (Å²) in [4.78, 5) is 19.4. The second-order valence-corrected chi connectivity index (χ2v) is 12.0. The summed E-state index contributed by atoms with van der Waals surface area (Å²) in [6.07, 6.45) is 17.3. The molecule has 0 spiro atoms. The van der Waals surface area contributed by atoms with Crippen LogP contribution in [0.15, 0.2) is 83.5 Å². The Bertz CT molecular complexity index is 1440. The van der Waals surface area contributed by atoms with Gasteiger partial charge in [-0.3, -0.25) is 0 Å². The van der Waals surface area contributed by atoms with Gasteiger partial charge in [0.25, 0.3) is 0 Å². The van der Waals surface area contributed by atoms with E-state index in [-0.39, 0.29) is 18.5 Å². The molecule has 0 amide bonds. The van der Waals surface area contributed by atoms with Gasteiger partial charge >= 0.3 is 5.97 Å². The third-order valence-corrected chi connectivity index (χ3v) is 9.18. The molecule has 0 radical (unpaired) electrons. The van der Waals surface area contributed by atoms with Crippen LogP contribution in [0.1, 0.15) is 68.9 Å². The molecule has 3 aromatic rings. The highest BCUT2D eigenvalue weighted by Gasteiger charge is 2.43. The van der Waals surface area contributed by atoms with Gasteiger partial charge in [0.15, 0.2) is 5.96 Å². The first-order valence-corrected chi connectivity index (χ1v) is 15.5. The number of aliphatic carboxylic acids is 1. The van der Waals surface area contributed by atoms with Crippen molar-refractivity contribution in [1.82, 2.24) is 4.98 Å². The van der Waals surface area contributed by atoms with E-state index in [1.54, 1.807) is 0 Å². The van der Waals surface area contributed by atoms with E-state index in [4.69, 9.17) is 11.5 Å². The smallest absolute Gasteiger partial charge is 0.328 e. The molecule has 1 aromatic heterocycles. The fraction of sp³-hybridized carbons (Fsp3) is 0.429. The Kier molecular flexibility index (Phi) is 9.67. The van der Waals surface area contributed by atoms with Crippen molar-refractivity contribution in [2.24, 2.45) is 34.2 Å². The number of anilines is 1. The lowest BCUT2D eigenvalue weighted by Gasteiger charge is -2.46. The average molecular weight is 568 g/mol. The Hall–Kier alpha value is -4.00. The third kappa shape index (κ3) is 7.07. The molecule has 0 aliphatic heterocycles. The van der Waals surface area contributed by atoms with Crippen LogP contribution in [0.5, 0.6) is 0 Å². The summed E-state index contributed by atoms with van der Waals surface area (Å²) in [7, 11) is 0. The van der Waals surface area contributed by atoms with Gasteiger partial charge in [-0.1, -0.05) is 87.6 Å². The van der Waals surface area contributed by atoms with Crippen LogP contribution >= 0.6 is 0 Å². The van der Waals surface area contributed by atoms with Gasteiger partial charge in [-0.2, -0.15) is 0 Å². The summed E-state index contributed by atoms with van der Waals surface area (Å²) in [6, 6.07) is 17.1. The molecule has 222 valence electrons. The number of carbonyl (C=O) groups is 1. The van der Waals surface area contributed by atoms with E-state index < -0.39 is 5.97 Å². The number of aliphatic imine (C=N–C) groups is 1. The molecule has 0 saturated carbocycles. The SMILES string of the molecule is CCCCCCCC1C=CC2Cc3cc4ccccc4cc3C1C2CC(Nc1ccc[nH]1)C(=CC(=O)O)CN=C(N)N. The van der Waals surface area contributed by atoms with Crippen LogP contribution in [0, 0.1) is 17.8 Å².